The number of ether oxygens (including phenoxy) is 1. The number of amides is 1. The number of carbonyl (C=O) groups excluding carboxylic acids is 1. The molecule has 220 valence electrons. The van der Waals surface area contributed by atoms with Gasteiger partial charge in [-0.3, -0.25) is 14.4 Å². The third kappa shape index (κ3) is 4.53. The number of aliphatic hydroxyl groups is 1. The Kier molecular flexibility index (Phi) is 6.43. The number of H-pyrrole nitrogens is 1. The SMILES string of the molecule is N#CCN1CC(n2cc(-c3cc4c(-c5cccc(N6CCOc7cc(C8CC8)ccc7C6=O)c5CO)ccnc4[nH]3)cn2)C1. The molecule has 10 nitrogen and oxygen atoms in total. The number of benzene rings is 2. The molecule has 2 aliphatic heterocycles. The Hall–Kier alpha value is -4.98. The quantitative estimate of drug-likeness (QED) is 0.261. The van der Waals surface area contributed by atoms with Crippen LogP contribution in [0, 0.1) is 11.3 Å². The van der Waals surface area contributed by atoms with Gasteiger partial charge in [0.05, 0.1) is 54.9 Å². The van der Waals surface area contributed by atoms with Crippen LogP contribution in [0.5, 0.6) is 5.75 Å². The van der Waals surface area contributed by atoms with E-state index in [4.69, 9.17) is 10.00 Å². The molecular weight excluding hydrogens is 554 g/mol. The predicted octanol–water partition coefficient (Wildman–Crippen LogP) is 4.88. The van der Waals surface area contributed by atoms with Crippen LogP contribution in [0.3, 0.4) is 0 Å². The van der Waals surface area contributed by atoms with Crippen LogP contribution in [0.15, 0.2) is 67.1 Å². The zero-order valence-corrected chi connectivity index (χ0v) is 24.1. The molecule has 44 heavy (non-hydrogen) atoms. The first-order valence-corrected chi connectivity index (χ1v) is 15.0. The highest BCUT2D eigenvalue weighted by Gasteiger charge is 2.31. The lowest BCUT2D eigenvalue weighted by atomic mass is 9.96. The van der Waals surface area contributed by atoms with Gasteiger partial charge in [0, 0.05) is 42.0 Å². The van der Waals surface area contributed by atoms with Gasteiger partial charge in [-0.1, -0.05) is 18.2 Å². The highest BCUT2D eigenvalue weighted by Crippen LogP contribution is 2.43. The minimum Gasteiger partial charge on any atom is -0.491 e. The van der Waals surface area contributed by atoms with E-state index in [9.17, 15) is 9.90 Å². The molecule has 8 rings (SSSR count). The van der Waals surface area contributed by atoms with Crippen molar-refractivity contribution in [3.05, 3.63) is 83.8 Å². The summed E-state index contributed by atoms with van der Waals surface area (Å²) in [5.41, 5.74) is 7.44. The molecule has 5 aromatic rings. The Morgan fingerprint density at radius 1 is 1.09 bits per heavy atom. The summed E-state index contributed by atoms with van der Waals surface area (Å²) in [6.07, 6.45) is 7.99. The van der Waals surface area contributed by atoms with Crippen LogP contribution in [0.25, 0.3) is 33.4 Å². The van der Waals surface area contributed by atoms with E-state index >= 15 is 0 Å². The number of fused-ring (bicyclic) bond motifs is 2. The number of anilines is 1. The Labute approximate surface area is 254 Å². The van der Waals surface area contributed by atoms with Gasteiger partial charge in [0.1, 0.15) is 18.0 Å². The van der Waals surface area contributed by atoms with Gasteiger partial charge in [0.2, 0.25) is 0 Å². The standard InChI is InChI=1S/C34H31N7O3/c35-9-11-39-18-24(19-39)41-17-23(16-37-41)30-15-28-26(8-10-36-33(28)38-30)25-2-1-3-31(29(25)20-42)40-12-13-44-32-14-22(21-4-5-21)6-7-27(32)34(40)43/h1-3,6-8,10,14-17,21,24,42H,4-5,11-13,18-20H2,(H,36,38). The number of rotatable bonds is 7. The zero-order valence-electron chi connectivity index (χ0n) is 24.1. The zero-order chi connectivity index (χ0) is 29.8. The van der Waals surface area contributed by atoms with Crippen molar-refractivity contribution in [1.29, 1.82) is 5.26 Å². The number of nitrogens with zero attached hydrogens (tertiary/aromatic N) is 6. The summed E-state index contributed by atoms with van der Waals surface area (Å²) in [6, 6.07) is 18.2. The van der Waals surface area contributed by atoms with Crippen molar-refractivity contribution in [3.8, 4) is 34.2 Å². The number of aromatic nitrogens is 4. The number of aromatic amines is 1. The molecule has 1 saturated carbocycles. The Morgan fingerprint density at radius 3 is 2.80 bits per heavy atom. The molecule has 0 spiro atoms. The maximum Gasteiger partial charge on any atom is 0.262 e. The number of nitriles is 1. The molecule has 0 unspecified atom stereocenters. The Morgan fingerprint density at radius 2 is 1.98 bits per heavy atom. The van der Waals surface area contributed by atoms with Crippen LogP contribution >= 0.6 is 0 Å². The van der Waals surface area contributed by atoms with Crippen LogP contribution in [-0.4, -0.2) is 68.4 Å². The molecule has 5 heterocycles. The third-order valence-corrected chi connectivity index (χ3v) is 9.04. The maximum atomic E-state index is 13.9. The topological polar surface area (TPSA) is 123 Å². The highest BCUT2D eigenvalue weighted by atomic mass is 16.5. The van der Waals surface area contributed by atoms with E-state index in [1.165, 1.54) is 18.4 Å². The predicted molar refractivity (Wildman–Crippen MR) is 165 cm³/mol. The number of carbonyl (C=O) groups is 1. The van der Waals surface area contributed by atoms with E-state index in [0.717, 1.165) is 46.5 Å². The summed E-state index contributed by atoms with van der Waals surface area (Å²) < 4.78 is 8.03. The summed E-state index contributed by atoms with van der Waals surface area (Å²) in [6.45, 7) is 2.57. The summed E-state index contributed by atoms with van der Waals surface area (Å²) >= 11 is 0. The monoisotopic (exact) mass is 585 g/mol. The van der Waals surface area contributed by atoms with E-state index in [2.05, 4.69) is 32.1 Å². The van der Waals surface area contributed by atoms with Crippen molar-refractivity contribution in [1.82, 2.24) is 24.6 Å². The van der Waals surface area contributed by atoms with Gasteiger partial charge in [-0.2, -0.15) is 10.4 Å². The van der Waals surface area contributed by atoms with Gasteiger partial charge >= 0.3 is 0 Å². The van der Waals surface area contributed by atoms with Crippen LogP contribution in [-0.2, 0) is 6.61 Å². The van der Waals surface area contributed by atoms with Crippen LogP contribution in [0.1, 0.15) is 46.3 Å². The molecule has 2 N–H and O–H groups in total. The number of hydrogen-bond donors (Lipinski definition) is 2. The normalized spacial score (nSPS) is 17.2. The van der Waals surface area contributed by atoms with E-state index in [0.29, 0.717) is 48.2 Å². The lowest BCUT2D eigenvalue weighted by Gasteiger charge is -2.37. The molecule has 1 amide bonds. The van der Waals surface area contributed by atoms with Crippen molar-refractivity contribution in [2.75, 3.05) is 37.7 Å². The third-order valence-electron chi connectivity index (χ3n) is 9.04. The van der Waals surface area contributed by atoms with Gasteiger partial charge in [-0.25, -0.2) is 4.98 Å². The van der Waals surface area contributed by atoms with Crippen molar-refractivity contribution < 1.29 is 14.6 Å². The second-order valence-electron chi connectivity index (χ2n) is 11.8. The first kappa shape index (κ1) is 26.6. The molecule has 0 atom stereocenters. The minimum atomic E-state index is -0.234. The van der Waals surface area contributed by atoms with E-state index in [-0.39, 0.29) is 18.6 Å². The summed E-state index contributed by atoms with van der Waals surface area (Å²) in [4.78, 5) is 25.7. The van der Waals surface area contributed by atoms with Gasteiger partial charge in [0.25, 0.3) is 5.91 Å². The summed E-state index contributed by atoms with van der Waals surface area (Å²) in [5, 5.41) is 25.1. The van der Waals surface area contributed by atoms with Crippen molar-refractivity contribution in [3.63, 3.8) is 0 Å². The summed E-state index contributed by atoms with van der Waals surface area (Å²) in [7, 11) is 0. The molecule has 1 aliphatic carbocycles. The van der Waals surface area contributed by atoms with Crippen LogP contribution < -0.4 is 9.64 Å². The number of likely N-dealkylation sites (tertiary alicyclic amines) is 1. The Bertz CT molecular complexity index is 1940. The number of pyridine rings is 1. The fourth-order valence-electron chi connectivity index (χ4n) is 6.51. The molecule has 3 aliphatic rings. The van der Waals surface area contributed by atoms with Crippen LogP contribution in [0.2, 0.25) is 0 Å². The first-order valence-electron chi connectivity index (χ1n) is 15.0. The molecule has 3 aromatic heterocycles. The maximum absolute atomic E-state index is 13.9. The van der Waals surface area contributed by atoms with Gasteiger partial charge in [-0.05, 0) is 65.8 Å². The molecule has 0 bridgehead atoms. The molecule has 2 fully saturated rings. The molecule has 1 saturated heterocycles. The average Bonchev–Trinajstić information content (AvgIpc) is 3.65. The summed E-state index contributed by atoms with van der Waals surface area (Å²) in [5.74, 6) is 1.08. The fourth-order valence-corrected chi connectivity index (χ4v) is 6.51. The first-order chi connectivity index (χ1) is 21.6. The highest BCUT2D eigenvalue weighted by molar-refractivity contribution is 6.09. The molecule has 2 aromatic carbocycles. The number of aliphatic hydroxyl groups excluding tert-OH is 1. The second kappa shape index (κ2) is 10.6. The Balaban J connectivity index is 1.13. The van der Waals surface area contributed by atoms with E-state index in [1.807, 2.05) is 59.5 Å². The molecule has 0 radical (unpaired) electrons. The average molecular weight is 586 g/mol. The minimum absolute atomic E-state index is 0.130. The van der Waals surface area contributed by atoms with E-state index in [1.54, 1.807) is 11.1 Å². The number of nitrogens with one attached hydrogen (secondary N) is 1. The van der Waals surface area contributed by atoms with Gasteiger partial charge < -0.3 is 19.7 Å². The lowest BCUT2D eigenvalue weighted by Crippen LogP contribution is -2.47. The van der Waals surface area contributed by atoms with Crippen LogP contribution in [0.4, 0.5) is 5.69 Å². The fraction of sp³-hybridized carbons (Fsp3) is 0.294. The largest absolute Gasteiger partial charge is 0.491 e. The smallest absolute Gasteiger partial charge is 0.262 e. The molecular formula is C34H31N7O3. The molecule has 10 heteroatoms. The van der Waals surface area contributed by atoms with E-state index < -0.39 is 0 Å². The van der Waals surface area contributed by atoms with Crippen molar-refractivity contribution >= 4 is 22.6 Å². The van der Waals surface area contributed by atoms with Crippen molar-refractivity contribution in [2.45, 2.75) is 31.4 Å². The second-order valence-corrected chi connectivity index (χ2v) is 11.8. The number of hydrogen-bond acceptors (Lipinski definition) is 7. The van der Waals surface area contributed by atoms with Gasteiger partial charge in [0.15, 0.2) is 0 Å². The lowest BCUT2D eigenvalue weighted by molar-refractivity contribution is 0.0989. The van der Waals surface area contributed by atoms with Gasteiger partial charge in [-0.15, -0.1) is 0 Å². The van der Waals surface area contributed by atoms with Crippen molar-refractivity contribution in [2.24, 2.45) is 0 Å².